The van der Waals surface area contributed by atoms with E-state index in [0.717, 1.165) is 18.4 Å². The summed E-state index contributed by atoms with van der Waals surface area (Å²) in [5.41, 5.74) is 1.58. The molecule has 1 N–H and O–H groups in total. The Labute approximate surface area is 129 Å². The van der Waals surface area contributed by atoms with Gasteiger partial charge in [-0.15, -0.1) is 0 Å². The number of rotatable bonds is 6. The Balaban J connectivity index is 1.61. The lowest BCUT2D eigenvalue weighted by atomic mass is 10.3. The predicted octanol–water partition coefficient (Wildman–Crippen LogP) is 2.24. The van der Waals surface area contributed by atoms with Crippen LogP contribution < -0.4 is 5.32 Å². The lowest BCUT2D eigenvalue weighted by Gasteiger charge is -2.02. The van der Waals surface area contributed by atoms with Crippen LogP contribution in [0.4, 0.5) is 0 Å². The zero-order valence-corrected chi connectivity index (χ0v) is 13.3. The van der Waals surface area contributed by atoms with Crippen molar-refractivity contribution in [3.05, 3.63) is 28.3 Å². The van der Waals surface area contributed by atoms with Crippen LogP contribution in [0.25, 0.3) is 11.5 Å². The Morgan fingerprint density at radius 1 is 1.57 bits per heavy atom. The van der Waals surface area contributed by atoms with Crippen molar-refractivity contribution in [3.63, 3.8) is 0 Å². The molecule has 2 aromatic rings. The van der Waals surface area contributed by atoms with Gasteiger partial charge in [-0.1, -0.05) is 0 Å². The van der Waals surface area contributed by atoms with Crippen molar-refractivity contribution < 1.29 is 13.4 Å². The van der Waals surface area contributed by atoms with Gasteiger partial charge in [-0.2, -0.15) is 11.3 Å². The minimum Gasteiger partial charge on any atom is -0.441 e. The lowest BCUT2D eigenvalue weighted by molar-refractivity contribution is -0.118. The van der Waals surface area contributed by atoms with E-state index in [0.29, 0.717) is 23.4 Å². The molecule has 0 saturated heterocycles. The number of hydrogen-bond donors (Lipinski definition) is 1. The Morgan fingerprint density at radius 2 is 2.38 bits per heavy atom. The molecule has 2 heterocycles. The van der Waals surface area contributed by atoms with Gasteiger partial charge in [0, 0.05) is 27.8 Å². The van der Waals surface area contributed by atoms with Crippen LogP contribution in [-0.4, -0.2) is 26.9 Å². The molecule has 5 nitrogen and oxygen atoms in total. The van der Waals surface area contributed by atoms with Crippen molar-refractivity contribution in [2.45, 2.75) is 31.6 Å². The zero-order valence-electron chi connectivity index (χ0n) is 11.6. The van der Waals surface area contributed by atoms with E-state index in [2.05, 4.69) is 10.3 Å². The standard InChI is InChI=1S/C14H16N2O3S2/c1-9-12(16-14(19-9)10-4-5-20-6-10)7-21(18)8-13(17)15-11-2-3-11/h4-6,11H,2-3,7-8H2,1H3,(H,15,17)/t21-/m1/s1. The third-order valence-electron chi connectivity index (χ3n) is 3.19. The SMILES string of the molecule is Cc1oc(-c2ccsc2)nc1C[S@@](=O)CC(=O)NC1CC1. The van der Waals surface area contributed by atoms with Crippen LogP contribution in [0.5, 0.6) is 0 Å². The third-order valence-corrected chi connectivity index (χ3v) is 5.06. The largest absolute Gasteiger partial charge is 0.441 e. The number of hydrogen-bond acceptors (Lipinski definition) is 5. The fraction of sp³-hybridized carbons (Fsp3) is 0.429. The van der Waals surface area contributed by atoms with Crippen molar-refractivity contribution in [2.75, 3.05) is 5.75 Å². The maximum Gasteiger partial charge on any atom is 0.232 e. The van der Waals surface area contributed by atoms with Gasteiger partial charge in [0.25, 0.3) is 0 Å². The smallest absolute Gasteiger partial charge is 0.232 e. The molecule has 2 aromatic heterocycles. The van der Waals surface area contributed by atoms with Gasteiger partial charge in [0.15, 0.2) is 0 Å². The second-order valence-electron chi connectivity index (χ2n) is 5.10. The van der Waals surface area contributed by atoms with E-state index >= 15 is 0 Å². The Kier molecular flexibility index (Phi) is 4.21. The second kappa shape index (κ2) is 6.11. The minimum absolute atomic E-state index is 0.0244. The molecule has 1 aliphatic carbocycles. The van der Waals surface area contributed by atoms with Gasteiger partial charge < -0.3 is 9.73 Å². The first-order valence-corrected chi connectivity index (χ1v) is 9.18. The monoisotopic (exact) mass is 324 g/mol. The molecule has 1 aliphatic rings. The Bertz CT molecular complexity index is 660. The number of nitrogens with zero attached hydrogens (tertiary/aromatic N) is 1. The summed E-state index contributed by atoms with van der Waals surface area (Å²) in [5.74, 6) is 1.33. The van der Waals surface area contributed by atoms with Gasteiger partial charge in [0.2, 0.25) is 11.8 Å². The summed E-state index contributed by atoms with van der Waals surface area (Å²) in [4.78, 5) is 16.0. The topological polar surface area (TPSA) is 72.2 Å². The van der Waals surface area contributed by atoms with Crippen LogP contribution >= 0.6 is 11.3 Å². The number of carbonyl (C=O) groups excluding carboxylic acids is 1. The van der Waals surface area contributed by atoms with Gasteiger partial charge in [0.1, 0.15) is 11.5 Å². The van der Waals surface area contributed by atoms with E-state index in [4.69, 9.17) is 4.42 Å². The molecule has 0 spiro atoms. The molecule has 1 saturated carbocycles. The summed E-state index contributed by atoms with van der Waals surface area (Å²) in [5, 5.41) is 6.75. The summed E-state index contributed by atoms with van der Waals surface area (Å²) < 4.78 is 17.6. The van der Waals surface area contributed by atoms with Crippen molar-refractivity contribution >= 4 is 28.0 Å². The average molecular weight is 324 g/mol. The third kappa shape index (κ3) is 3.79. The molecule has 0 radical (unpaired) electrons. The summed E-state index contributed by atoms with van der Waals surface area (Å²) >= 11 is 1.57. The van der Waals surface area contributed by atoms with Crippen molar-refractivity contribution in [1.29, 1.82) is 0 Å². The molecule has 1 fully saturated rings. The number of carbonyl (C=O) groups is 1. The molecule has 112 valence electrons. The van der Waals surface area contributed by atoms with E-state index in [1.165, 1.54) is 0 Å². The first-order chi connectivity index (χ1) is 10.1. The van der Waals surface area contributed by atoms with E-state index in [1.54, 1.807) is 18.3 Å². The average Bonchev–Trinajstić information content (AvgIpc) is 2.94. The number of thiophene rings is 1. The van der Waals surface area contributed by atoms with E-state index in [9.17, 15) is 9.00 Å². The Hall–Kier alpha value is -1.47. The molecule has 21 heavy (non-hydrogen) atoms. The lowest BCUT2D eigenvalue weighted by Crippen LogP contribution is -2.30. The summed E-state index contributed by atoms with van der Waals surface area (Å²) in [6.07, 6.45) is 2.07. The molecule has 0 aromatic carbocycles. The maximum atomic E-state index is 12.0. The van der Waals surface area contributed by atoms with Crippen LogP contribution in [0.2, 0.25) is 0 Å². The van der Waals surface area contributed by atoms with Gasteiger partial charge in [-0.05, 0) is 31.2 Å². The number of nitrogens with one attached hydrogen (secondary N) is 1. The van der Waals surface area contributed by atoms with Gasteiger partial charge in [0.05, 0.1) is 11.4 Å². The predicted molar refractivity (Wildman–Crippen MR) is 82.4 cm³/mol. The highest BCUT2D eigenvalue weighted by Crippen LogP contribution is 2.24. The first-order valence-electron chi connectivity index (χ1n) is 6.75. The fourth-order valence-corrected chi connectivity index (χ4v) is 3.60. The molecule has 7 heteroatoms. The normalized spacial score (nSPS) is 15.9. The number of aromatic nitrogens is 1. The van der Waals surface area contributed by atoms with Crippen LogP contribution in [0.1, 0.15) is 24.3 Å². The zero-order chi connectivity index (χ0) is 14.8. The summed E-state index contributed by atoms with van der Waals surface area (Å²) in [6, 6.07) is 2.23. The summed E-state index contributed by atoms with van der Waals surface area (Å²) in [7, 11) is -1.27. The number of oxazole rings is 1. The van der Waals surface area contributed by atoms with Crippen LogP contribution in [0.15, 0.2) is 21.2 Å². The molecule has 0 unspecified atom stereocenters. The van der Waals surface area contributed by atoms with Crippen LogP contribution in [-0.2, 0) is 21.3 Å². The van der Waals surface area contributed by atoms with E-state index < -0.39 is 10.8 Å². The molecule has 0 bridgehead atoms. The number of amides is 1. The molecular formula is C14H16N2O3S2. The Morgan fingerprint density at radius 3 is 3.05 bits per heavy atom. The fourth-order valence-electron chi connectivity index (χ4n) is 1.92. The molecule has 3 rings (SSSR count). The van der Waals surface area contributed by atoms with Gasteiger partial charge >= 0.3 is 0 Å². The molecular weight excluding hydrogens is 308 g/mol. The minimum atomic E-state index is -1.27. The first kappa shape index (κ1) is 14.5. The highest BCUT2D eigenvalue weighted by Gasteiger charge is 2.24. The van der Waals surface area contributed by atoms with Crippen molar-refractivity contribution in [3.8, 4) is 11.5 Å². The maximum absolute atomic E-state index is 12.0. The second-order valence-corrected chi connectivity index (χ2v) is 7.34. The molecule has 1 atom stereocenters. The van der Waals surface area contributed by atoms with Crippen molar-refractivity contribution in [2.24, 2.45) is 0 Å². The number of aryl methyl sites for hydroxylation is 1. The van der Waals surface area contributed by atoms with Crippen LogP contribution in [0.3, 0.4) is 0 Å². The highest BCUT2D eigenvalue weighted by molar-refractivity contribution is 7.84. The molecule has 0 aliphatic heterocycles. The van der Waals surface area contributed by atoms with E-state index in [1.807, 2.05) is 16.8 Å². The van der Waals surface area contributed by atoms with Crippen molar-refractivity contribution in [1.82, 2.24) is 10.3 Å². The molecule has 1 amide bonds. The van der Waals surface area contributed by atoms with Gasteiger partial charge in [-0.3, -0.25) is 9.00 Å². The summed E-state index contributed by atoms with van der Waals surface area (Å²) in [6.45, 7) is 1.81. The van der Waals surface area contributed by atoms with Gasteiger partial charge in [-0.25, -0.2) is 4.98 Å². The van der Waals surface area contributed by atoms with E-state index in [-0.39, 0.29) is 17.4 Å². The van der Waals surface area contributed by atoms with Crippen LogP contribution in [0, 0.1) is 6.92 Å². The highest BCUT2D eigenvalue weighted by atomic mass is 32.2. The quantitative estimate of drug-likeness (QED) is 0.884.